The smallest absolute Gasteiger partial charge is 0.311 e. The van der Waals surface area contributed by atoms with E-state index in [1.54, 1.807) is 12.1 Å². The third-order valence-electron chi connectivity index (χ3n) is 4.75. The number of carbonyl (C=O) groups excluding carboxylic acids is 2. The van der Waals surface area contributed by atoms with Gasteiger partial charge < -0.3 is 9.47 Å². The van der Waals surface area contributed by atoms with Crippen LogP contribution in [-0.2, 0) is 14.3 Å². The first-order chi connectivity index (χ1) is 14.7. The molecule has 0 saturated carbocycles. The molecule has 0 atom stereocenters. The molecule has 0 amide bonds. The molecule has 162 valence electrons. The van der Waals surface area contributed by atoms with E-state index in [1.807, 2.05) is 42.5 Å². The van der Waals surface area contributed by atoms with Crippen molar-refractivity contribution in [1.29, 1.82) is 0 Å². The highest BCUT2D eigenvalue weighted by Crippen LogP contribution is 2.22. The van der Waals surface area contributed by atoms with E-state index in [9.17, 15) is 9.59 Å². The fourth-order valence-corrected chi connectivity index (χ4v) is 3.26. The van der Waals surface area contributed by atoms with E-state index in [1.165, 1.54) is 6.42 Å². The second-order valence-corrected chi connectivity index (χ2v) is 7.63. The summed E-state index contributed by atoms with van der Waals surface area (Å²) in [6.07, 6.45) is 7.35. The lowest BCUT2D eigenvalue weighted by Crippen LogP contribution is -2.10. The summed E-state index contributed by atoms with van der Waals surface area (Å²) in [5.74, 6) is 0.642. The van der Waals surface area contributed by atoms with Crippen LogP contribution in [0.15, 0.2) is 54.6 Å². The van der Waals surface area contributed by atoms with E-state index < -0.39 is 0 Å². The van der Waals surface area contributed by atoms with Gasteiger partial charge in [0, 0.05) is 18.7 Å². The molecule has 4 nitrogen and oxygen atoms in total. The molecule has 30 heavy (non-hydrogen) atoms. The molecule has 0 N–H and O–H groups in total. The minimum absolute atomic E-state index is 0.191. The summed E-state index contributed by atoms with van der Waals surface area (Å²) in [7, 11) is 0. The molecular formula is C25H31ClO4. The predicted octanol–water partition coefficient (Wildman–Crippen LogP) is 6.55. The Balaban J connectivity index is 1.55. The summed E-state index contributed by atoms with van der Waals surface area (Å²) in [5.41, 5.74) is 2.17. The average molecular weight is 431 g/mol. The zero-order valence-electron chi connectivity index (χ0n) is 17.5. The molecule has 2 aromatic carbocycles. The van der Waals surface area contributed by atoms with Gasteiger partial charge in [-0.3, -0.25) is 9.59 Å². The molecule has 5 heteroatoms. The van der Waals surface area contributed by atoms with E-state index in [4.69, 9.17) is 21.1 Å². The number of rotatable bonds is 14. The SMILES string of the molecule is O=C(CCCC(=O)Oc1ccc(-c2ccccc2)cc1)OCCCCCCCCCl. The number of alkyl halides is 1. The van der Waals surface area contributed by atoms with E-state index in [0.29, 0.717) is 18.8 Å². The minimum Gasteiger partial charge on any atom is -0.466 e. The zero-order chi connectivity index (χ0) is 21.4. The Kier molecular flexibility index (Phi) is 11.7. The van der Waals surface area contributed by atoms with Gasteiger partial charge in [0.25, 0.3) is 0 Å². The molecule has 0 radical (unpaired) electrons. The van der Waals surface area contributed by atoms with Crippen LogP contribution in [0.2, 0.25) is 0 Å². The summed E-state index contributed by atoms with van der Waals surface area (Å²) in [5, 5.41) is 0. The second kappa shape index (κ2) is 14.6. The highest BCUT2D eigenvalue weighted by molar-refractivity contribution is 6.17. The summed E-state index contributed by atoms with van der Waals surface area (Å²) in [6, 6.07) is 17.4. The largest absolute Gasteiger partial charge is 0.466 e. The van der Waals surface area contributed by atoms with Crippen molar-refractivity contribution < 1.29 is 19.1 Å². The van der Waals surface area contributed by atoms with Crippen LogP contribution >= 0.6 is 11.6 Å². The summed E-state index contributed by atoms with van der Waals surface area (Å²) in [4.78, 5) is 23.7. The summed E-state index contributed by atoms with van der Waals surface area (Å²) < 4.78 is 10.6. The molecule has 0 heterocycles. The number of hydrogen-bond acceptors (Lipinski definition) is 4. The first kappa shape index (κ1) is 23.9. The van der Waals surface area contributed by atoms with Crippen LogP contribution in [0, 0.1) is 0 Å². The molecule has 0 unspecified atom stereocenters. The van der Waals surface area contributed by atoms with Crippen molar-refractivity contribution in [2.24, 2.45) is 0 Å². The normalized spacial score (nSPS) is 10.6. The topological polar surface area (TPSA) is 52.6 Å². The van der Waals surface area contributed by atoms with Crippen LogP contribution in [0.3, 0.4) is 0 Å². The van der Waals surface area contributed by atoms with E-state index in [0.717, 1.165) is 49.1 Å². The minimum atomic E-state index is -0.341. The van der Waals surface area contributed by atoms with Crippen LogP contribution in [0.1, 0.15) is 57.8 Å². The summed E-state index contributed by atoms with van der Waals surface area (Å²) in [6.45, 7) is 0.451. The number of carbonyl (C=O) groups is 2. The van der Waals surface area contributed by atoms with Gasteiger partial charge in [-0.05, 0) is 42.5 Å². The fraction of sp³-hybridized carbons (Fsp3) is 0.440. The highest BCUT2D eigenvalue weighted by atomic mass is 35.5. The first-order valence-corrected chi connectivity index (χ1v) is 11.3. The molecule has 2 aromatic rings. The first-order valence-electron chi connectivity index (χ1n) is 10.8. The van der Waals surface area contributed by atoms with Crippen LogP contribution in [0.5, 0.6) is 5.75 Å². The van der Waals surface area contributed by atoms with Gasteiger partial charge in [0.1, 0.15) is 5.75 Å². The van der Waals surface area contributed by atoms with Crippen molar-refractivity contribution in [2.45, 2.75) is 57.8 Å². The van der Waals surface area contributed by atoms with Crippen molar-refractivity contribution in [3.8, 4) is 16.9 Å². The third kappa shape index (κ3) is 9.93. The van der Waals surface area contributed by atoms with Gasteiger partial charge in [0.05, 0.1) is 6.61 Å². The Morgan fingerprint density at radius 1 is 0.667 bits per heavy atom. The van der Waals surface area contributed by atoms with Crippen molar-refractivity contribution in [3.63, 3.8) is 0 Å². The molecule has 0 spiro atoms. The molecule has 0 saturated heterocycles. The molecule has 0 fully saturated rings. The van der Waals surface area contributed by atoms with Crippen LogP contribution in [0.25, 0.3) is 11.1 Å². The third-order valence-corrected chi connectivity index (χ3v) is 5.01. The number of esters is 2. The lowest BCUT2D eigenvalue weighted by Gasteiger charge is -2.07. The average Bonchev–Trinajstić information content (AvgIpc) is 2.77. The molecule has 0 aliphatic heterocycles. The molecule has 0 aromatic heterocycles. The van der Waals surface area contributed by atoms with Crippen molar-refractivity contribution in [3.05, 3.63) is 54.6 Å². The molecule has 2 rings (SSSR count). The van der Waals surface area contributed by atoms with Crippen LogP contribution < -0.4 is 4.74 Å². The van der Waals surface area contributed by atoms with Crippen molar-refractivity contribution >= 4 is 23.5 Å². The van der Waals surface area contributed by atoms with Gasteiger partial charge in [0.2, 0.25) is 0 Å². The van der Waals surface area contributed by atoms with Gasteiger partial charge in [-0.15, -0.1) is 11.6 Å². The van der Waals surface area contributed by atoms with Crippen LogP contribution in [0.4, 0.5) is 0 Å². The lowest BCUT2D eigenvalue weighted by atomic mass is 10.1. The molecular weight excluding hydrogens is 400 g/mol. The maximum atomic E-state index is 12.0. The standard InChI is InChI=1S/C25H31ClO4/c26-19-8-3-1-2-4-9-20-29-24(27)13-10-14-25(28)30-23-17-15-22(16-18-23)21-11-6-5-7-12-21/h5-7,11-12,15-18H,1-4,8-10,13-14,19-20H2. The Morgan fingerprint density at radius 2 is 1.27 bits per heavy atom. The quantitative estimate of drug-likeness (QED) is 0.147. The number of ether oxygens (including phenoxy) is 2. The fourth-order valence-electron chi connectivity index (χ4n) is 3.07. The highest BCUT2D eigenvalue weighted by Gasteiger charge is 2.09. The van der Waals surface area contributed by atoms with E-state index in [-0.39, 0.29) is 24.8 Å². The van der Waals surface area contributed by atoms with Gasteiger partial charge in [-0.25, -0.2) is 0 Å². The Bertz CT molecular complexity index is 744. The Labute approximate surface area is 184 Å². The Hall–Kier alpha value is -2.33. The number of hydrogen-bond donors (Lipinski definition) is 0. The van der Waals surface area contributed by atoms with Crippen molar-refractivity contribution in [1.82, 2.24) is 0 Å². The van der Waals surface area contributed by atoms with Crippen LogP contribution in [-0.4, -0.2) is 24.4 Å². The van der Waals surface area contributed by atoms with Gasteiger partial charge in [-0.2, -0.15) is 0 Å². The zero-order valence-corrected chi connectivity index (χ0v) is 18.2. The lowest BCUT2D eigenvalue weighted by molar-refractivity contribution is -0.144. The predicted molar refractivity (Wildman–Crippen MR) is 121 cm³/mol. The number of benzene rings is 2. The van der Waals surface area contributed by atoms with Gasteiger partial charge in [-0.1, -0.05) is 68.1 Å². The van der Waals surface area contributed by atoms with Gasteiger partial charge in [0.15, 0.2) is 0 Å². The van der Waals surface area contributed by atoms with Gasteiger partial charge >= 0.3 is 11.9 Å². The Morgan fingerprint density at radius 3 is 1.97 bits per heavy atom. The maximum Gasteiger partial charge on any atom is 0.311 e. The monoisotopic (exact) mass is 430 g/mol. The van der Waals surface area contributed by atoms with Crippen molar-refractivity contribution in [2.75, 3.05) is 12.5 Å². The second-order valence-electron chi connectivity index (χ2n) is 7.25. The molecule has 0 aliphatic rings. The maximum absolute atomic E-state index is 12.0. The van der Waals surface area contributed by atoms with E-state index >= 15 is 0 Å². The van der Waals surface area contributed by atoms with E-state index in [2.05, 4.69) is 0 Å². The number of unbranched alkanes of at least 4 members (excludes halogenated alkanes) is 5. The number of halogens is 1. The summed E-state index contributed by atoms with van der Waals surface area (Å²) >= 11 is 5.64. The molecule has 0 bridgehead atoms. The molecule has 0 aliphatic carbocycles.